The van der Waals surface area contributed by atoms with Crippen molar-refractivity contribution >= 4 is 10.2 Å². The largest absolute Gasteiger partial charge is 0.268 e. The van der Waals surface area contributed by atoms with E-state index in [1.807, 2.05) is 0 Å². The molecule has 0 N–H and O–H groups in total. The summed E-state index contributed by atoms with van der Waals surface area (Å²) in [6, 6.07) is 0.730. The summed E-state index contributed by atoms with van der Waals surface area (Å²) in [5.41, 5.74) is 0. The molecule has 1 fully saturated rings. The molecule has 2 heteroatoms. The van der Waals surface area contributed by atoms with Gasteiger partial charge in [-0.3, -0.25) is 4.31 Å². The van der Waals surface area contributed by atoms with Crippen LogP contribution in [0.4, 0.5) is 0 Å². The van der Waals surface area contributed by atoms with Crippen LogP contribution in [0.1, 0.15) is 26.7 Å². The molecule has 1 aliphatic heterocycles. The molecule has 11 heavy (non-hydrogen) atoms. The van der Waals surface area contributed by atoms with Gasteiger partial charge in [0.25, 0.3) is 0 Å². The fourth-order valence-corrected chi connectivity index (χ4v) is 5.18. The van der Waals surface area contributed by atoms with Gasteiger partial charge in [-0.15, -0.1) is 0 Å². The maximum absolute atomic E-state index is 2.61. The number of hydrogen-bond donors (Lipinski definition) is 0. The molecular formula is C9H21NS. The maximum atomic E-state index is 2.61. The van der Waals surface area contributed by atoms with Crippen molar-refractivity contribution in [2.45, 2.75) is 32.7 Å². The van der Waals surface area contributed by atoms with Crippen LogP contribution in [0.2, 0.25) is 0 Å². The molecular weight excluding hydrogens is 154 g/mol. The Bertz CT molecular complexity index is 128. The van der Waals surface area contributed by atoms with Gasteiger partial charge in [0.1, 0.15) is 0 Å². The Morgan fingerprint density at radius 3 is 2.00 bits per heavy atom. The molecule has 1 rings (SSSR count). The summed E-state index contributed by atoms with van der Waals surface area (Å²) in [5, 5.41) is 0. The van der Waals surface area contributed by atoms with Crippen LogP contribution in [-0.2, 0) is 0 Å². The fourth-order valence-electron chi connectivity index (χ4n) is 1.73. The first-order valence-electron chi connectivity index (χ1n) is 4.53. The lowest BCUT2D eigenvalue weighted by Crippen LogP contribution is -2.30. The van der Waals surface area contributed by atoms with Gasteiger partial charge in [0.05, 0.1) is 0 Å². The van der Waals surface area contributed by atoms with Gasteiger partial charge in [0.15, 0.2) is 0 Å². The van der Waals surface area contributed by atoms with Crippen molar-refractivity contribution in [3.05, 3.63) is 0 Å². The van der Waals surface area contributed by atoms with Crippen molar-refractivity contribution in [3.8, 4) is 0 Å². The molecule has 1 nitrogen and oxygen atoms in total. The quantitative estimate of drug-likeness (QED) is 0.623. The second kappa shape index (κ2) is 3.36. The number of nitrogens with zero attached hydrogens (tertiary/aromatic N) is 1. The van der Waals surface area contributed by atoms with Crippen LogP contribution < -0.4 is 0 Å². The smallest absolute Gasteiger partial charge is 0.0127 e. The topological polar surface area (TPSA) is 3.24 Å². The minimum absolute atomic E-state index is 0.348. The second-order valence-electron chi connectivity index (χ2n) is 3.98. The average Bonchev–Trinajstić information content (AvgIpc) is 2.35. The van der Waals surface area contributed by atoms with Crippen LogP contribution in [0, 0.1) is 0 Å². The molecule has 1 heterocycles. The van der Waals surface area contributed by atoms with Crippen molar-refractivity contribution in [3.63, 3.8) is 0 Å². The van der Waals surface area contributed by atoms with Crippen LogP contribution in [0.15, 0.2) is 0 Å². The normalized spacial score (nSPS) is 26.4. The highest BCUT2D eigenvalue weighted by atomic mass is 32.3. The highest BCUT2D eigenvalue weighted by Crippen LogP contribution is 2.53. The summed E-state index contributed by atoms with van der Waals surface area (Å²) in [5.74, 6) is 2.95. The zero-order chi connectivity index (χ0) is 8.48. The standard InChI is InChI=1S/C9H21NS/c1-9(2)10(3)11(4)7-5-6-8-11/h9H,5-8H2,1-4H3. The van der Waals surface area contributed by atoms with Crippen LogP contribution >= 0.6 is 10.2 Å². The van der Waals surface area contributed by atoms with E-state index in [2.05, 4.69) is 31.5 Å². The Labute approximate surface area is 72.6 Å². The lowest BCUT2D eigenvalue weighted by Gasteiger charge is -2.43. The van der Waals surface area contributed by atoms with Gasteiger partial charge in [-0.1, -0.05) is 0 Å². The molecule has 0 unspecified atom stereocenters. The van der Waals surface area contributed by atoms with E-state index in [9.17, 15) is 0 Å². The third-order valence-electron chi connectivity index (χ3n) is 2.84. The first-order chi connectivity index (χ1) is 5.06. The summed E-state index contributed by atoms with van der Waals surface area (Å²) in [6.45, 7) is 4.60. The lowest BCUT2D eigenvalue weighted by molar-refractivity contribution is 0.458. The number of hydrogen-bond acceptors (Lipinski definition) is 1. The summed E-state index contributed by atoms with van der Waals surface area (Å²) in [6.07, 6.45) is 5.41. The molecule has 68 valence electrons. The van der Waals surface area contributed by atoms with Crippen LogP contribution in [0.5, 0.6) is 0 Å². The van der Waals surface area contributed by atoms with Crippen molar-refractivity contribution in [2.24, 2.45) is 0 Å². The van der Waals surface area contributed by atoms with Crippen molar-refractivity contribution in [1.29, 1.82) is 0 Å². The molecule has 1 aliphatic rings. The van der Waals surface area contributed by atoms with E-state index in [0.717, 1.165) is 6.04 Å². The molecule has 0 aromatic carbocycles. The Morgan fingerprint density at radius 1 is 1.18 bits per heavy atom. The van der Waals surface area contributed by atoms with Crippen molar-refractivity contribution < 1.29 is 0 Å². The molecule has 0 aliphatic carbocycles. The average molecular weight is 175 g/mol. The van der Waals surface area contributed by atoms with E-state index in [1.165, 1.54) is 24.3 Å². The summed E-state index contributed by atoms with van der Waals surface area (Å²) in [7, 11) is 1.95. The first kappa shape index (κ1) is 9.40. The zero-order valence-electron chi connectivity index (χ0n) is 8.26. The van der Waals surface area contributed by atoms with Gasteiger partial charge in [0, 0.05) is 6.04 Å². The molecule has 0 saturated carbocycles. The molecule has 0 aromatic rings. The fraction of sp³-hybridized carbons (Fsp3) is 1.00. The molecule has 1 saturated heterocycles. The molecule has 0 aromatic heterocycles. The minimum Gasteiger partial charge on any atom is -0.268 e. The molecule has 0 bridgehead atoms. The van der Waals surface area contributed by atoms with Crippen LogP contribution in [0.3, 0.4) is 0 Å². The highest BCUT2D eigenvalue weighted by molar-refractivity contribution is 8.31. The number of rotatable bonds is 2. The van der Waals surface area contributed by atoms with Crippen LogP contribution in [-0.4, -0.2) is 35.2 Å². The second-order valence-corrected chi connectivity index (χ2v) is 7.81. The predicted molar refractivity (Wildman–Crippen MR) is 55.4 cm³/mol. The van der Waals surface area contributed by atoms with Gasteiger partial charge < -0.3 is 0 Å². The summed E-state index contributed by atoms with van der Waals surface area (Å²) < 4.78 is 2.61. The SMILES string of the molecule is CC(C)N(C)S1(C)CCCC1. The lowest BCUT2D eigenvalue weighted by atomic mass is 10.4. The summed E-state index contributed by atoms with van der Waals surface area (Å²) >= 11 is 0. The van der Waals surface area contributed by atoms with E-state index < -0.39 is 0 Å². The van der Waals surface area contributed by atoms with E-state index >= 15 is 0 Å². The predicted octanol–water partition coefficient (Wildman–Crippen LogP) is 2.47. The zero-order valence-corrected chi connectivity index (χ0v) is 9.08. The minimum atomic E-state index is -0.348. The first-order valence-corrected chi connectivity index (χ1v) is 6.86. The monoisotopic (exact) mass is 175 g/mol. The Balaban J connectivity index is 2.56. The highest BCUT2D eigenvalue weighted by Gasteiger charge is 2.28. The third kappa shape index (κ3) is 1.91. The molecule has 0 radical (unpaired) electrons. The van der Waals surface area contributed by atoms with Crippen molar-refractivity contribution in [2.75, 3.05) is 24.8 Å². The Hall–Kier alpha value is 0.310. The van der Waals surface area contributed by atoms with Gasteiger partial charge in [-0.05, 0) is 51.5 Å². The Kier molecular flexibility index (Phi) is 2.87. The molecule has 0 amide bonds. The van der Waals surface area contributed by atoms with E-state index in [4.69, 9.17) is 0 Å². The van der Waals surface area contributed by atoms with E-state index in [0.29, 0.717) is 0 Å². The van der Waals surface area contributed by atoms with E-state index in [1.54, 1.807) is 0 Å². The third-order valence-corrected chi connectivity index (χ3v) is 6.99. The van der Waals surface area contributed by atoms with Gasteiger partial charge in [-0.25, -0.2) is 0 Å². The van der Waals surface area contributed by atoms with Crippen molar-refractivity contribution in [1.82, 2.24) is 4.31 Å². The van der Waals surface area contributed by atoms with Gasteiger partial charge in [-0.2, -0.15) is 10.2 Å². The van der Waals surface area contributed by atoms with Gasteiger partial charge >= 0.3 is 0 Å². The summed E-state index contributed by atoms with van der Waals surface area (Å²) in [4.78, 5) is 0. The van der Waals surface area contributed by atoms with Crippen LogP contribution in [0.25, 0.3) is 0 Å². The van der Waals surface area contributed by atoms with Gasteiger partial charge in [0.2, 0.25) is 0 Å². The van der Waals surface area contributed by atoms with E-state index in [-0.39, 0.29) is 10.2 Å². The molecule has 0 spiro atoms. The maximum Gasteiger partial charge on any atom is 0.0127 e. The molecule has 0 atom stereocenters. The Morgan fingerprint density at radius 2 is 1.64 bits per heavy atom.